The molecule has 0 radical (unpaired) electrons. The number of nitrogens with zero attached hydrogens (tertiary/aromatic N) is 1. The van der Waals surface area contributed by atoms with Gasteiger partial charge in [-0.05, 0) is 48.0 Å². The third-order valence-corrected chi connectivity index (χ3v) is 5.89. The van der Waals surface area contributed by atoms with Crippen LogP contribution in [0, 0.1) is 0 Å². The van der Waals surface area contributed by atoms with Crippen molar-refractivity contribution in [3.8, 4) is 0 Å². The molecule has 0 bridgehead atoms. The number of hydrogen-bond acceptors (Lipinski definition) is 4. The van der Waals surface area contributed by atoms with E-state index in [1.807, 2.05) is 0 Å². The minimum atomic E-state index is -4.35. The van der Waals surface area contributed by atoms with Crippen LogP contribution in [0.2, 0.25) is 0 Å². The lowest BCUT2D eigenvalue weighted by atomic mass is 10.1. The first kappa shape index (κ1) is 19.2. The molecule has 8 heteroatoms. The summed E-state index contributed by atoms with van der Waals surface area (Å²) >= 11 is 0. The maximum absolute atomic E-state index is 12.6. The lowest BCUT2D eigenvalue weighted by Crippen LogP contribution is -2.06. The number of halogens is 3. The van der Waals surface area contributed by atoms with Gasteiger partial charge in [0.15, 0.2) is 9.84 Å². The van der Waals surface area contributed by atoms with Gasteiger partial charge >= 0.3 is 6.18 Å². The van der Waals surface area contributed by atoms with Crippen LogP contribution in [0.4, 0.5) is 19.0 Å². The number of benzene rings is 2. The van der Waals surface area contributed by atoms with Crippen molar-refractivity contribution in [2.45, 2.75) is 24.5 Å². The van der Waals surface area contributed by atoms with Crippen LogP contribution in [0.3, 0.4) is 0 Å². The van der Waals surface area contributed by atoms with E-state index in [0.29, 0.717) is 28.8 Å². The molecule has 0 aliphatic rings. The van der Waals surface area contributed by atoms with Gasteiger partial charge in [-0.15, -0.1) is 0 Å². The summed E-state index contributed by atoms with van der Waals surface area (Å²) < 4.78 is 61.6. The highest BCUT2D eigenvalue weighted by molar-refractivity contribution is 7.91. The van der Waals surface area contributed by atoms with E-state index >= 15 is 0 Å². The van der Waals surface area contributed by atoms with E-state index in [9.17, 15) is 21.6 Å². The molecule has 1 N–H and O–H groups in total. The van der Waals surface area contributed by atoms with Crippen molar-refractivity contribution in [3.05, 3.63) is 65.7 Å². The number of aromatic nitrogens is 1. The number of fused-ring (bicyclic) bond motifs is 1. The molecule has 3 aromatic rings. The number of pyridine rings is 1. The molecule has 0 saturated carbocycles. The van der Waals surface area contributed by atoms with Gasteiger partial charge in [0.2, 0.25) is 0 Å². The molecule has 2 aromatic carbocycles. The van der Waals surface area contributed by atoms with Crippen molar-refractivity contribution in [1.29, 1.82) is 0 Å². The van der Waals surface area contributed by atoms with Crippen LogP contribution in [-0.4, -0.2) is 19.2 Å². The number of hydrogen-bond donors (Lipinski definition) is 1. The fourth-order valence-corrected chi connectivity index (χ4v) is 3.48. The molecule has 0 atom stereocenters. The van der Waals surface area contributed by atoms with Crippen molar-refractivity contribution < 1.29 is 21.6 Å². The largest absolute Gasteiger partial charge is 0.416 e. The minimum Gasteiger partial charge on any atom is -0.366 e. The fourth-order valence-electron chi connectivity index (χ4n) is 2.57. The molecule has 0 saturated heterocycles. The lowest BCUT2D eigenvalue weighted by Gasteiger charge is -2.10. The Labute approximate surface area is 155 Å². The third kappa shape index (κ3) is 4.39. The summed E-state index contributed by atoms with van der Waals surface area (Å²) in [5.41, 5.74) is 0.629. The molecule has 27 heavy (non-hydrogen) atoms. The smallest absolute Gasteiger partial charge is 0.366 e. The summed E-state index contributed by atoms with van der Waals surface area (Å²) in [6, 6.07) is 13.1. The number of sulfone groups is 1. The fraction of sp³-hybridized carbons (Fsp3) is 0.211. The molecule has 4 nitrogen and oxygen atoms in total. The second kappa shape index (κ2) is 7.19. The molecule has 0 amide bonds. The Bertz CT molecular complexity index is 1060. The van der Waals surface area contributed by atoms with Crippen LogP contribution < -0.4 is 5.32 Å². The SMILES string of the molecule is CCS(=O)(=O)c1ccc2nc(NCc3ccc(C(F)(F)F)cc3)ccc2c1. The molecular formula is C19H17F3N2O2S. The van der Waals surface area contributed by atoms with E-state index in [1.54, 1.807) is 31.2 Å². The Morgan fingerprint density at radius 1 is 1.00 bits per heavy atom. The molecule has 0 spiro atoms. The lowest BCUT2D eigenvalue weighted by molar-refractivity contribution is -0.137. The molecule has 0 aliphatic carbocycles. The molecule has 0 aliphatic heterocycles. The Morgan fingerprint density at radius 3 is 2.33 bits per heavy atom. The van der Waals surface area contributed by atoms with Crippen LogP contribution in [0.1, 0.15) is 18.1 Å². The highest BCUT2D eigenvalue weighted by Gasteiger charge is 2.29. The summed E-state index contributed by atoms with van der Waals surface area (Å²) in [7, 11) is -3.28. The first-order valence-electron chi connectivity index (χ1n) is 8.22. The van der Waals surface area contributed by atoms with Gasteiger partial charge in [-0.2, -0.15) is 13.2 Å². The van der Waals surface area contributed by atoms with E-state index in [2.05, 4.69) is 10.3 Å². The first-order chi connectivity index (χ1) is 12.7. The Balaban J connectivity index is 1.75. The van der Waals surface area contributed by atoms with Crippen molar-refractivity contribution in [3.63, 3.8) is 0 Å². The van der Waals surface area contributed by atoms with Gasteiger partial charge in [0, 0.05) is 11.9 Å². The van der Waals surface area contributed by atoms with Gasteiger partial charge in [-0.3, -0.25) is 0 Å². The highest BCUT2D eigenvalue weighted by atomic mass is 32.2. The van der Waals surface area contributed by atoms with Gasteiger partial charge in [0.25, 0.3) is 0 Å². The van der Waals surface area contributed by atoms with Crippen molar-refractivity contribution in [2.24, 2.45) is 0 Å². The number of rotatable bonds is 5. The van der Waals surface area contributed by atoms with Crippen molar-refractivity contribution in [2.75, 3.05) is 11.1 Å². The van der Waals surface area contributed by atoms with E-state index < -0.39 is 21.6 Å². The van der Waals surface area contributed by atoms with Gasteiger partial charge in [0.1, 0.15) is 5.82 Å². The third-order valence-electron chi connectivity index (χ3n) is 4.15. The van der Waals surface area contributed by atoms with E-state index in [0.717, 1.165) is 12.1 Å². The summed E-state index contributed by atoms with van der Waals surface area (Å²) in [6.45, 7) is 1.91. The van der Waals surface area contributed by atoms with Crippen molar-refractivity contribution in [1.82, 2.24) is 4.98 Å². The topological polar surface area (TPSA) is 59.1 Å². The van der Waals surface area contributed by atoms with Gasteiger partial charge in [-0.25, -0.2) is 13.4 Å². The van der Waals surface area contributed by atoms with Crippen LogP contribution in [-0.2, 0) is 22.6 Å². The monoisotopic (exact) mass is 394 g/mol. The Morgan fingerprint density at radius 2 is 1.70 bits per heavy atom. The van der Waals surface area contributed by atoms with E-state index in [1.165, 1.54) is 18.2 Å². The first-order valence-corrected chi connectivity index (χ1v) is 9.88. The van der Waals surface area contributed by atoms with Gasteiger partial charge < -0.3 is 5.32 Å². The zero-order valence-electron chi connectivity index (χ0n) is 14.4. The van der Waals surface area contributed by atoms with E-state index in [4.69, 9.17) is 0 Å². The standard InChI is InChI=1S/C19H17F3N2O2S/c1-2-27(25,26)16-8-9-17-14(11-16)5-10-18(24-17)23-12-13-3-6-15(7-4-13)19(20,21)22/h3-11H,2,12H2,1H3,(H,23,24). The quantitative estimate of drug-likeness (QED) is 0.684. The number of anilines is 1. The molecule has 1 heterocycles. The summed E-state index contributed by atoms with van der Waals surface area (Å²) in [6.07, 6.45) is -4.35. The second-order valence-electron chi connectivity index (χ2n) is 6.00. The number of nitrogens with one attached hydrogen (secondary N) is 1. The number of alkyl halides is 3. The Hall–Kier alpha value is -2.61. The maximum Gasteiger partial charge on any atom is 0.416 e. The average Bonchev–Trinajstić information content (AvgIpc) is 2.65. The molecular weight excluding hydrogens is 377 g/mol. The molecule has 0 unspecified atom stereocenters. The second-order valence-corrected chi connectivity index (χ2v) is 8.28. The predicted molar refractivity (Wildman–Crippen MR) is 98.2 cm³/mol. The molecule has 1 aromatic heterocycles. The van der Waals surface area contributed by atoms with Crippen LogP contribution in [0.25, 0.3) is 10.9 Å². The van der Waals surface area contributed by atoms with Gasteiger partial charge in [-0.1, -0.05) is 19.1 Å². The van der Waals surface area contributed by atoms with Crippen LogP contribution >= 0.6 is 0 Å². The van der Waals surface area contributed by atoms with Crippen LogP contribution in [0.15, 0.2) is 59.5 Å². The molecule has 0 fully saturated rings. The highest BCUT2D eigenvalue weighted by Crippen LogP contribution is 2.29. The van der Waals surface area contributed by atoms with Crippen LogP contribution in [0.5, 0.6) is 0 Å². The normalized spacial score (nSPS) is 12.3. The summed E-state index contributed by atoms with van der Waals surface area (Å²) in [4.78, 5) is 4.66. The van der Waals surface area contributed by atoms with Crippen molar-refractivity contribution >= 4 is 26.6 Å². The average molecular weight is 394 g/mol. The van der Waals surface area contributed by atoms with Gasteiger partial charge in [0.05, 0.1) is 21.7 Å². The summed E-state index contributed by atoms with van der Waals surface area (Å²) in [5, 5.41) is 3.76. The maximum atomic E-state index is 12.6. The molecule has 3 rings (SSSR count). The Kier molecular flexibility index (Phi) is 5.10. The van der Waals surface area contributed by atoms with E-state index in [-0.39, 0.29) is 10.6 Å². The summed E-state index contributed by atoms with van der Waals surface area (Å²) in [5.74, 6) is 0.576. The minimum absolute atomic E-state index is 0.0265. The predicted octanol–water partition coefficient (Wildman–Crippen LogP) is 4.66. The molecule has 142 valence electrons. The zero-order chi connectivity index (χ0) is 19.7. The zero-order valence-corrected chi connectivity index (χ0v) is 15.2.